The van der Waals surface area contributed by atoms with Gasteiger partial charge >= 0.3 is 0 Å². The van der Waals surface area contributed by atoms with Crippen LogP contribution >= 0.6 is 0 Å². The van der Waals surface area contributed by atoms with Crippen molar-refractivity contribution in [3.05, 3.63) is 70.1 Å². The maximum atomic E-state index is 13.2. The normalized spacial score (nSPS) is 32.5. The number of hydrogen-bond donors (Lipinski definition) is 1. The average molecular weight is 349 g/mol. The molecule has 0 aliphatic carbocycles. The number of carbonyl (C=O) groups excluding carboxylic acids is 1. The lowest BCUT2D eigenvalue weighted by Gasteiger charge is -2.51. The first-order chi connectivity index (χ1) is 12.7. The molecule has 0 saturated carbocycles. The summed E-state index contributed by atoms with van der Waals surface area (Å²) in [6, 6.07) is 16.0. The third kappa shape index (κ3) is 2.42. The molecule has 1 amide bonds. The van der Waals surface area contributed by atoms with Crippen LogP contribution < -0.4 is 5.56 Å². The summed E-state index contributed by atoms with van der Waals surface area (Å²) in [6.07, 6.45) is 2.33. The van der Waals surface area contributed by atoms with Crippen LogP contribution in [-0.4, -0.2) is 52.4 Å². The molecule has 3 atom stereocenters. The van der Waals surface area contributed by atoms with Gasteiger partial charge in [0.25, 0.3) is 5.91 Å². The van der Waals surface area contributed by atoms with Crippen molar-refractivity contribution in [2.24, 2.45) is 5.92 Å². The molecule has 2 bridgehead atoms. The van der Waals surface area contributed by atoms with E-state index in [-0.39, 0.29) is 17.5 Å². The number of rotatable bonds is 2. The molecule has 5 nitrogen and oxygen atoms in total. The van der Waals surface area contributed by atoms with Gasteiger partial charge in [-0.25, -0.2) is 0 Å². The van der Waals surface area contributed by atoms with Crippen LogP contribution in [0, 0.1) is 5.92 Å². The highest BCUT2D eigenvalue weighted by Crippen LogP contribution is 2.46. The fraction of sp³-hybridized carbons (Fsp3) is 0.429. The molecule has 0 spiro atoms. The third-order valence-corrected chi connectivity index (χ3v) is 6.48. The molecule has 134 valence electrons. The maximum absolute atomic E-state index is 13.2. The van der Waals surface area contributed by atoms with Crippen LogP contribution in [0.15, 0.2) is 53.3 Å². The van der Waals surface area contributed by atoms with E-state index in [9.17, 15) is 9.59 Å². The van der Waals surface area contributed by atoms with Gasteiger partial charge < -0.3 is 9.88 Å². The van der Waals surface area contributed by atoms with Gasteiger partial charge in [0.05, 0.1) is 6.04 Å². The van der Waals surface area contributed by atoms with Gasteiger partial charge in [-0.3, -0.25) is 14.5 Å². The predicted octanol–water partition coefficient (Wildman–Crippen LogP) is 2.08. The van der Waals surface area contributed by atoms with Crippen molar-refractivity contribution in [1.29, 1.82) is 0 Å². The Morgan fingerprint density at radius 1 is 0.962 bits per heavy atom. The minimum absolute atomic E-state index is 0.0371. The fourth-order valence-corrected chi connectivity index (χ4v) is 5.38. The van der Waals surface area contributed by atoms with Crippen molar-refractivity contribution in [1.82, 2.24) is 14.8 Å². The van der Waals surface area contributed by atoms with Crippen molar-refractivity contribution in [2.45, 2.75) is 30.8 Å². The lowest BCUT2D eigenvalue weighted by Crippen LogP contribution is -2.60. The van der Waals surface area contributed by atoms with E-state index in [1.807, 2.05) is 11.0 Å². The molecule has 1 N–H and O–H groups in total. The minimum Gasteiger partial charge on any atom is -0.332 e. The van der Waals surface area contributed by atoms with Gasteiger partial charge in [0, 0.05) is 24.6 Å². The third-order valence-electron chi connectivity index (χ3n) is 6.48. The minimum atomic E-state index is -0.222. The first-order valence-electron chi connectivity index (χ1n) is 9.52. The summed E-state index contributed by atoms with van der Waals surface area (Å²) in [4.78, 5) is 32.3. The van der Waals surface area contributed by atoms with E-state index in [0.29, 0.717) is 23.6 Å². The summed E-state index contributed by atoms with van der Waals surface area (Å²) in [6.45, 7) is 3.00. The molecule has 0 unspecified atom stereocenters. The summed E-state index contributed by atoms with van der Waals surface area (Å²) >= 11 is 0. The Morgan fingerprint density at radius 2 is 1.73 bits per heavy atom. The molecule has 1 aromatic heterocycles. The molecule has 6 rings (SSSR count). The Morgan fingerprint density at radius 3 is 2.46 bits per heavy atom. The standard InChI is InChI=1S/C21H23N3O2/c25-18-8-4-7-17(22-18)21(26)24-13-16(14-5-2-1-3-6-14)20-19(24)15-9-11-23(20)12-10-15/h1-8,15-16,19-20H,9-13H2,(H,22,25)/t16-,19+,20+/m1/s1. The van der Waals surface area contributed by atoms with E-state index < -0.39 is 0 Å². The van der Waals surface area contributed by atoms with Gasteiger partial charge in [-0.15, -0.1) is 0 Å². The molecule has 4 aliphatic heterocycles. The van der Waals surface area contributed by atoms with E-state index in [0.717, 1.165) is 32.5 Å². The molecular weight excluding hydrogens is 326 g/mol. The molecule has 2 aromatic rings. The van der Waals surface area contributed by atoms with Crippen molar-refractivity contribution >= 4 is 5.91 Å². The van der Waals surface area contributed by atoms with E-state index >= 15 is 0 Å². The number of carbonyl (C=O) groups is 1. The lowest BCUT2D eigenvalue weighted by molar-refractivity contribution is -0.00358. The van der Waals surface area contributed by atoms with Crippen molar-refractivity contribution in [3.8, 4) is 0 Å². The van der Waals surface area contributed by atoms with Crippen molar-refractivity contribution in [3.63, 3.8) is 0 Å². The molecule has 4 saturated heterocycles. The maximum Gasteiger partial charge on any atom is 0.270 e. The van der Waals surface area contributed by atoms with E-state index in [1.54, 1.807) is 12.1 Å². The number of fused-ring (bicyclic) bond motifs is 2. The van der Waals surface area contributed by atoms with Gasteiger partial charge in [-0.2, -0.15) is 0 Å². The number of likely N-dealkylation sites (tertiary alicyclic amines) is 1. The van der Waals surface area contributed by atoms with Gasteiger partial charge in [0.15, 0.2) is 0 Å². The van der Waals surface area contributed by atoms with Crippen molar-refractivity contribution < 1.29 is 4.79 Å². The quantitative estimate of drug-likeness (QED) is 0.903. The molecule has 4 aliphatic rings. The number of aromatic nitrogens is 1. The van der Waals surface area contributed by atoms with Crippen LogP contribution in [0.25, 0.3) is 0 Å². The van der Waals surface area contributed by atoms with Gasteiger partial charge in [0.1, 0.15) is 5.69 Å². The van der Waals surface area contributed by atoms with Crippen LogP contribution in [0.2, 0.25) is 0 Å². The van der Waals surface area contributed by atoms with Crippen LogP contribution in [-0.2, 0) is 0 Å². The molecular formula is C21H23N3O2. The average Bonchev–Trinajstić information content (AvgIpc) is 3.12. The second-order valence-electron chi connectivity index (χ2n) is 7.76. The SMILES string of the molecule is O=C(c1cccc(=O)[nH]1)N1C[C@H](c2ccccc2)[C@H]2[C@@H]1C1CCN2CC1. The molecule has 5 heteroatoms. The lowest BCUT2D eigenvalue weighted by atomic mass is 9.75. The largest absolute Gasteiger partial charge is 0.332 e. The summed E-state index contributed by atoms with van der Waals surface area (Å²) < 4.78 is 0. The number of pyridine rings is 1. The summed E-state index contributed by atoms with van der Waals surface area (Å²) in [5.41, 5.74) is 1.49. The number of nitrogens with one attached hydrogen (secondary N) is 1. The van der Waals surface area contributed by atoms with Gasteiger partial charge in [-0.1, -0.05) is 36.4 Å². The molecule has 4 fully saturated rings. The molecule has 26 heavy (non-hydrogen) atoms. The summed E-state index contributed by atoms with van der Waals surface area (Å²) in [5.74, 6) is 0.867. The number of benzene rings is 1. The molecule has 1 aromatic carbocycles. The monoisotopic (exact) mass is 349 g/mol. The van der Waals surface area contributed by atoms with Gasteiger partial charge in [0.2, 0.25) is 5.56 Å². The predicted molar refractivity (Wildman–Crippen MR) is 99.2 cm³/mol. The zero-order valence-corrected chi connectivity index (χ0v) is 14.7. The Labute approximate surface area is 152 Å². The zero-order valence-electron chi connectivity index (χ0n) is 14.7. The number of H-pyrrole nitrogens is 1. The second-order valence-corrected chi connectivity index (χ2v) is 7.76. The van der Waals surface area contributed by atoms with Crippen LogP contribution in [0.5, 0.6) is 0 Å². The molecule has 0 radical (unpaired) electrons. The van der Waals surface area contributed by atoms with Crippen LogP contribution in [0.1, 0.15) is 34.8 Å². The Balaban J connectivity index is 1.54. The fourth-order valence-electron chi connectivity index (χ4n) is 5.38. The van der Waals surface area contributed by atoms with Gasteiger partial charge in [-0.05, 0) is 43.5 Å². The second kappa shape index (κ2) is 6.09. The Bertz CT molecular complexity index is 870. The highest BCUT2D eigenvalue weighted by atomic mass is 16.2. The first-order valence-corrected chi connectivity index (χ1v) is 9.52. The Hall–Kier alpha value is -2.40. The summed E-state index contributed by atoms with van der Waals surface area (Å²) in [7, 11) is 0. The van der Waals surface area contributed by atoms with Crippen LogP contribution in [0.4, 0.5) is 0 Å². The highest BCUT2D eigenvalue weighted by Gasteiger charge is 2.54. The number of aromatic amines is 1. The summed E-state index contributed by atoms with van der Waals surface area (Å²) in [5, 5.41) is 0. The first kappa shape index (κ1) is 15.8. The number of nitrogens with zero attached hydrogens (tertiary/aromatic N) is 2. The molecule has 5 heterocycles. The topological polar surface area (TPSA) is 56.4 Å². The van der Waals surface area contributed by atoms with Crippen molar-refractivity contribution in [2.75, 3.05) is 19.6 Å². The van der Waals surface area contributed by atoms with E-state index in [2.05, 4.69) is 34.1 Å². The number of hydrogen-bond acceptors (Lipinski definition) is 3. The number of amides is 1. The van der Waals surface area contributed by atoms with E-state index in [4.69, 9.17) is 0 Å². The van der Waals surface area contributed by atoms with E-state index in [1.165, 1.54) is 11.6 Å². The smallest absolute Gasteiger partial charge is 0.270 e. The van der Waals surface area contributed by atoms with Crippen LogP contribution in [0.3, 0.4) is 0 Å². The Kier molecular flexibility index (Phi) is 3.71. The highest BCUT2D eigenvalue weighted by molar-refractivity contribution is 5.93. The zero-order chi connectivity index (χ0) is 17.7. The number of piperidine rings is 3.